The second kappa shape index (κ2) is 10.2. The van der Waals surface area contributed by atoms with Crippen molar-refractivity contribution < 1.29 is 19.4 Å². The molecule has 1 aliphatic heterocycles. The number of aliphatic hydroxyl groups is 1. The van der Waals surface area contributed by atoms with Crippen molar-refractivity contribution in [1.29, 1.82) is 0 Å². The van der Waals surface area contributed by atoms with E-state index in [0.717, 1.165) is 12.8 Å². The number of amides is 2. The molecule has 0 saturated heterocycles. The van der Waals surface area contributed by atoms with Gasteiger partial charge in [-0.1, -0.05) is 18.8 Å². The van der Waals surface area contributed by atoms with E-state index in [1.807, 2.05) is 13.8 Å². The lowest BCUT2D eigenvalue weighted by atomic mass is 9.99. The summed E-state index contributed by atoms with van der Waals surface area (Å²) in [6.45, 7) is 4.31. The standard InChI is InChI=1S/C26H30N4O4/c1-17-14-30(18(2)16-31)26(33)22-12-20(7-6-19-4-5-19)13-28-24(22)34-23(17)15-29(3)25(32)21-8-10-27-11-9-21/h8-13,17-19,23,31H,4-5,14-16H2,1-3H3/t17-,18-,23-/m1/s1. The fourth-order valence-corrected chi connectivity index (χ4v) is 3.87. The smallest absolute Gasteiger partial charge is 0.259 e. The lowest BCUT2D eigenvalue weighted by Gasteiger charge is -2.37. The molecule has 0 radical (unpaired) electrons. The Labute approximate surface area is 200 Å². The fourth-order valence-electron chi connectivity index (χ4n) is 3.87. The van der Waals surface area contributed by atoms with E-state index in [1.54, 1.807) is 53.6 Å². The van der Waals surface area contributed by atoms with E-state index in [9.17, 15) is 14.7 Å². The van der Waals surface area contributed by atoms with E-state index >= 15 is 0 Å². The third-order valence-electron chi connectivity index (χ3n) is 6.25. The Morgan fingerprint density at radius 2 is 2.09 bits per heavy atom. The Morgan fingerprint density at radius 3 is 2.76 bits per heavy atom. The number of ether oxygens (including phenoxy) is 1. The van der Waals surface area contributed by atoms with Crippen molar-refractivity contribution in [2.75, 3.05) is 26.7 Å². The SMILES string of the molecule is C[C@@H]1CN([C@H](C)CO)C(=O)c2cc(C#CC3CC3)cnc2O[C@@H]1CN(C)C(=O)c1ccncc1. The highest BCUT2D eigenvalue weighted by Gasteiger charge is 2.34. The first-order chi connectivity index (χ1) is 16.4. The van der Waals surface area contributed by atoms with Gasteiger partial charge in [0.05, 0.1) is 19.2 Å². The van der Waals surface area contributed by atoms with Crippen LogP contribution in [0, 0.1) is 23.7 Å². The van der Waals surface area contributed by atoms with Crippen LogP contribution in [-0.4, -0.2) is 75.6 Å². The molecule has 0 unspecified atom stereocenters. The van der Waals surface area contributed by atoms with Crippen LogP contribution in [-0.2, 0) is 0 Å². The number of rotatable bonds is 5. The molecule has 3 heterocycles. The van der Waals surface area contributed by atoms with Gasteiger partial charge in [0.1, 0.15) is 11.7 Å². The second-order valence-corrected chi connectivity index (χ2v) is 9.16. The minimum atomic E-state index is -0.410. The zero-order chi connectivity index (χ0) is 24.2. The van der Waals surface area contributed by atoms with E-state index in [0.29, 0.717) is 35.7 Å². The van der Waals surface area contributed by atoms with E-state index in [-0.39, 0.29) is 36.3 Å². The molecule has 178 valence electrons. The minimum Gasteiger partial charge on any atom is -0.472 e. The first-order valence-corrected chi connectivity index (χ1v) is 11.6. The molecule has 3 atom stereocenters. The van der Waals surface area contributed by atoms with Crippen molar-refractivity contribution in [2.45, 2.75) is 38.8 Å². The van der Waals surface area contributed by atoms with E-state index in [4.69, 9.17) is 4.74 Å². The number of aromatic nitrogens is 2. The summed E-state index contributed by atoms with van der Waals surface area (Å²) in [5.41, 5.74) is 1.52. The molecule has 2 aromatic heterocycles. The highest BCUT2D eigenvalue weighted by Crippen LogP contribution is 2.29. The molecule has 1 saturated carbocycles. The van der Waals surface area contributed by atoms with Crippen LogP contribution in [0.1, 0.15) is 53.0 Å². The molecule has 34 heavy (non-hydrogen) atoms. The van der Waals surface area contributed by atoms with Crippen LogP contribution in [0.15, 0.2) is 36.8 Å². The van der Waals surface area contributed by atoms with Crippen molar-refractivity contribution in [2.24, 2.45) is 11.8 Å². The highest BCUT2D eigenvalue weighted by atomic mass is 16.5. The monoisotopic (exact) mass is 462 g/mol. The number of carbonyl (C=O) groups is 2. The summed E-state index contributed by atoms with van der Waals surface area (Å²) < 4.78 is 6.26. The van der Waals surface area contributed by atoms with Crippen LogP contribution in [0.25, 0.3) is 0 Å². The molecule has 1 fully saturated rings. The maximum absolute atomic E-state index is 13.4. The minimum absolute atomic E-state index is 0.116. The van der Waals surface area contributed by atoms with Crippen molar-refractivity contribution in [3.63, 3.8) is 0 Å². The largest absolute Gasteiger partial charge is 0.472 e. The number of nitrogens with zero attached hydrogens (tertiary/aromatic N) is 4. The average molecular weight is 463 g/mol. The summed E-state index contributed by atoms with van der Waals surface area (Å²) >= 11 is 0. The molecule has 1 N–H and O–H groups in total. The quantitative estimate of drug-likeness (QED) is 0.685. The van der Waals surface area contributed by atoms with E-state index < -0.39 is 6.10 Å². The van der Waals surface area contributed by atoms with Crippen LogP contribution in [0.2, 0.25) is 0 Å². The summed E-state index contributed by atoms with van der Waals surface area (Å²) in [6, 6.07) is 4.69. The average Bonchev–Trinajstić information content (AvgIpc) is 3.69. The van der Waals surface area contributed by atoms with Crippen molar-refractivity contribution in [1.82, 2.24) is 19.8 Å². The zero-order valence-corrected chi connectivity index (χ0v) is 19.8. The molecule has 4 rings (SSSR count). The van der Waals surface area contributed by atoms with Gasteiger partial charge in [0, 0.05) is 55.1 Å². The number of aliphatic hydroxyl groups excluding tert-OH is 1. The number of likely N-dealkylation sites (N-methyl/N-ethyl adjacent to an activating group) is 1. The van der Waals surface area contributed by atoms with Gasteiger partial charge in [-0.3, -0.25) is 14.6 Å². The zero-order valence-electron chi connectivity index (χ0n) is 19.8. The molecule has 0 bridgehead atoms. The van der Waals surface area contributed by atoms with Crippen LogP contribution < -0.4 is 4.74 Å². The lowest BCUT2D eigenvalue weighted by molar-refractivity contribution is 0.0313. The van der Waals surface area contributed by atoms with Crippen LogP contribution in [0.5, 0.6) is 5.88 Å². The Balaban J connectivity index is 1.63. The summed E-state index contributed by atoms with van der Waals surface area (Å²) in [5.74, 6) is 6.45. The van der Waals surface area contributed by atoms with Gasteiger partial charge < -0.3 is 19.6 Å². The maximum atomic E-state index is 13.4. The third-order valence-corrected chi connectivity index (χ3v) is 6.25. The summed E-state index contributed by atoms with van der Waals surface area (Å²) in [4.78, 5) is 38.0. The summed E-state index contributed by atoms with van der Waals surface area (Å²) in [6.07, 6.45) is 6.60. The van der Waals surface area contributed by atoms with E-state index in [2.05, 4.69) is 21.8 Å². The summed E-state index contributed by atoms with van der Waals surface area (Å²) in [7, 11) is 1.72. The Kier molecular flexibility index (Phi) is 7.13. The number of pyridine rings is 2. The molecular formula is C26H30N4O4. The van der Waals surface area contributed by atoms with Gasteiger partial charge in [-0.2, -0.15) is 0 Å². The lowest BCUT2D eigenvalue weighted by Crippen LogP contribution is -2.50. The van der Waals surface area contributed by atoms with Crippen LogP contribution >= 0.6 is 0 Å². The molecular weight excluding hydrogens is 432 g/mol. The molecule has 2 aromatic rings. The molecule has 1 aliphatic carbocycles. The third kappa shape index (κ3) is 5.37. The van der Waals surface area contributed by atoms with Crippen molar-refractivity contribution in [3.8, 4) is 17.7 Å². The molecule has 8 nitrogen and oxygen atoms in total. The first-order valence-electron chi connectivity index (χ1n) is 11.6. The molecule has 2 amide bonds. The molecule has 8 heteroatoms. The van der Waals surface area contributed by atoms with Crippen molar-refractivity contribution in [3.05, 3.63) is 53.5 Å². The molecule has 0 aromatic carbocycles. The summed E-state index contributed by atoms with van der Waals surface area (Å²) in [5, 5.41) is 9.80. The first kappa shape index (κ1) is 23.7. The van der Waals surface area contributed by atoms with Gasteiger partial charge in [0.2, 0.25) is 5.88 Å². The Morgan fingerprint density at radius 1 is 1.35 bits per heavy atom. The topological polar surface area (TPSA) is 95.9 Å². The predicted molar refractivity (Wildman–Crippen MR) is 126 cm³/mol. The normalized spacial score (nSPS) is 20.7. The number of carbonyl (C=O) groups excluding carboxylic acids is 2. The highest BCUT2D eigenvalue weighted by molar-refractivity contribution is 5.97. The van der Waals surface area contributed by atoms with Gasteiger partial charge in [-0.25, -0.2) is 4.98 Å². The maximum Gasteiger partial charge on any atom is 0.259 e. The van der Waals surface area contributed by atoms with Gasteiger partial charge >= 0.3 is 0 Å². The van der Waals surface area contributed by atoms with Gasteiger partial charge in [0.25, 0.3) is 11.8 Å². The Hall–Kier alpha value is -3.44. The van der Waals surface area contributed by atoms with Crippen molar-refractivity contribution >= 4 is 11.8 Å². The molecule has 2 aliphatic rings. The number of fused-ring (bicyclic) bond motifs is 1. The fraction of sp³-hybridized carbons (Fsp3) is 0.462. The second-order valence-electron chi connectivity index (χ2n) is 9.16. The van der Waals surface area contributed by atoms with Gasteiger partial charge in [0.15, 0.2) is 0 Å². The Bertz CT molecular complexity index is 1110. The van der Waals surface area contributed by atoms with Crippen LogP contribution in [0.3, 0.4) is 0 Å². The predicted octanol–water partition coefficient (Wildman–Crippen LogP) is 2.23. The molecule has 0 spiro atoms. The van der Waals surface area contributed by atoms with E-state index in [1.165, 1.54) is 0 Å². The number of hydrogen-bond donors (Lipinski definition) is 1. The van der Waals surface area contributed by atoms with Gasteiger partial charge in [-0.15, -0.1) is 0 Å². The van der Waals surface area contributed by atoms with Gasteiger partial charge in [-0.05, 0) is 38.0 Å². The number of hydrogen-bond acceptors (Lipinski definition) is 6. The van der Waals surface area contributed by atoms with Crippen LogP contribution in [0.4, 0.5) is 0 Å².